The van der Waals surface area contributed by atoms with Crippen LogP contribution in [0.4, 0.5) is 5.69 Å². The number of amides is 1. The van der Waals surface area contributed by atoms with E-state index in [1.54, 1.807) is 32.9 Å². The van der Waals surface area contributed by atoms with Gasteiger partial charge in [0, 0.05) is 6.54 Å². The molecule has 0 atom stereocenters. The minimum absolute atomic E-state index is 0.0596. The largest absolute Gasteiger partial charge is 0.460 e. The van der Waals surface area contributed by atoms with E-state index >= 15 is 0 Å². The van der Waals surface area contributed by atoms with Crippen molar-refractivity contribution in [1.82, 2.24) is 0 Å². The van der Waals surface area contributed by atoms with E-state index in [4.69, 9.17) is 4.74 Å². The summed E-state index contributed by atoms with van der Waals surface area (Å²) < 4.78 is 5.22. The molecule has 0 radical (unpaired) electrons. The van der Waals surface area contributed by atoms with Gasteiger partial charge in [0.05, 0.1) is 17.7 Å². The fourth-order valence-corrected chi connectivity index (χ4v) is 2.35. The molecular formula is C16H19NO4. The first-order chi connectivity index (χ1) is 9.70. The van der Waals surface area contributed by atoms with Crippen LogP contribution in [0.1, 0.15) is 43.1 Å². The summed E-state index contributed by atoms with van der Waals surface area (Å²) in [5.74, 6) is -1.48. The predicted molar refractivity (Wildman–Crippen MR) is 78.3 cm³/mol. The number of benzene rings is 1. The Balaban J connectivity index is 2.14. The fraction of sp³-hybridized carbons (Fsp3) is 0.438. The molecule has 0 bridgehead atoms. The van der Waals surface area contributed by atoms with E-state index < -0.39 is 17.3 Å². The third kappa shape index (κ3) is 3.12. The maximum absolute atomic E-state index is 12.0. The van der Waals surface area contributed by atoms with Gasteiger partial charge in [-0.3, -0.25) is 14.4 Å². The van der Waals surface area contributed by atoms with Crippen LogP contribution in [-0.4, -0.2) is 29.8 Å². The zero-order chi connectivity index (χ0) is 15.8. The number of carbonyl (C=O) groups excluding carboxylic acids is 3. The molecule has 0 N–H and O–H groups in total. The number of esters is 1. The summed E-state index contributed by atoms with van der Waals surface area (Å²) in [6.07, 6.45) is 0.0596. The summed E-state index contributed by atoms with van der Waals surface area (Å²) in [6, 6.07) is 5.22. The lowest BCUT2D eigenvalue weighted by Crippen LogP contribution is -2.33. The Morgan fingerprint density at radius 3 is 2.52 bits per heavy atom. The quantitative estimate of drug-likeness (QED) is 0.632. The third-order valence-electron chi connectivity index (χ3n) is 3.15. The highest BCUT2D eigenvalue weighted by Gasteiger charge is 2.36. The maximum Gasteiger partial charge on any atom is 0.308 e. The van der Waals surface area contributed by atoms with Crippen molar-refractivity contribution < 1.29 is 19.1 Å². The third-order valence-corrected chi connectivity index (χ3v) is 3.15. The zero-order valence-corrected chi connectivity index (χ0v) is 12.7. The van der Waals surface area contributed by atoms with E-state index in [0.717, 1.165) is 5.56 Å². The van der Waals surface area contributed by atoms with Gasteiger partial charge in [-0.25, -0.2) is 0 Å². The smallest absolute Gasteiger partial charge is 0.308 e. The number of hydrogen-bond acceptors (Lipinski definition) is 4. The first-order valence-corrected chi connectivity index (χ1v) is 6.88. The number of nitrogens with zero attached hydrogens (tertiary/aromatic N) is 1. The monoisotopic (exact) mass is 289 g/mol. The van der Waals surface area contributed by atoms with Crippen molar-refractivity contribution in [3.05, 3.63) is 29.3 Å². The number of para-hydroxylation sites is 1. The molecule has 1 aliphatic heterocycles. The molecule has 0 unspecified atom stereocenters. The fourth-order valence-electron chi connectivity index (χ4n) is 2.35. The number of ether oxygens (including phenoxy) is 1. The lowest BCUT2D eigenvalue weighted by atomic mass is 10.1. The molecule has 0 aromatic heterocycles. The van der Waals surface area contributed by atoms with E-state index in [0.29, 0.717) is 11.3 Å². The van der Waals surface area contributed by atoms with Crippen LogP contribution >= 0.6 is 0 Å². The van der Waals surface area contributed by atoms with Crippen LogP contribution in [0.5, 0.6) is 0 Å². The average Bonchev–Trinajstić information content (AvgIpc) is 2.60. The van der Waals surface area contributed by atoms with Gasteiger partial charge in [0.15, 0.2) is 0 Å². The van der Waals surface area contributed by atoms with Crippen LogP contribution < -0.4 is 4.90 Å². The van der Waals surface area contributed by atoms with Crippen molar-refractivity contribution in [3.63, 3.8) is 0 Å². The lowest BCUT2D eigenvalue weighted by Gasteiger charge is -2.21. The second-order valence-corrected chi connectivity index (χ2v) is 6.09. The van der Waals surface area contributed by atoms with E-state index in [-0.39, 0.29) is 18.9 Å². The number of fused-ring (bicyclic) bond motifs is 1. The van der Waals surface area contributed by atoms with Crippen molar-refractivity contribution in [2.75, 3.05) is 11.4 Å². The van der Waals surface area contributed by atoms with Crippen molar-refractivity contribution in [2.24, 2.45) is 0 Å². The first kappa shape index (κ1) is 15.2. The van der Waals surface area contributed by atoms with Gasteiger partial charge in [-0.15, -0.1) is 0 Å². The Morgan fingerprint density at radius 1 is 1.24 bits per heavy atom. The van der Waals surface area contributed by atoms with E-state index in [9.17, 15) is 14.4 Å². The summed E-state index contributed by atoms with van der Waals surface area (Å²) in [6.45, 7) is 7.35. The summed E-state index contributed by atoms with van der Waals surface area (Å²) in [5, 5.41) is 0. The predicted octanol–water partition coefficient (Wildman–Crippen LogP) is 2.26. The molecule has 0 spiro atoms. The highest BCUT2D eigenvalue weighted by Crippen LogP contribution is 2.32. The first-order valence-electron chi connectivity index (χ1n) is 6.88. The molecule has 1 aliphatic rings. The number of Topliss-reactive ketones (excluding diaryl/α,β-unsaturated/α-hetero) is 1. The zero-order valence-electron chi connectivity index (χ0n) is 12.7. The second kappa shape index (κ2) is 5.31. The van der Waals surface area contributed by atoms with Gasteiger partial charge in [0.1, 0.15) is 5.60 Å². The van der Waals surface area contributed by atoms with Crippen LogP contribution in [0, 0.1) is 6.92 Å². The molecule has 5 heteroatoms. The highest BCUT2D eigenvalue weighted by atomic mass is 16.6. The second-order valence-electron chi connectivity index (χ2n) is 6.09. The van der Waals surface area contributed by atoms with Crippen LogP contribution in [0.25, 0.3) is 0 Å². The van der Waals surface area contributed by atoms with Crippen LogP contribution in [0.2, 0.25) is 0 Å². The van der Waals surface area contributed by atoms with Crippen LogP contribution in [0.15, 0.2) is 18.2 Å². The Kier molecular flexibility index (Phi) is 3.85. The number of rotatable bonds is 3. The highest BCUT2D eigenvalue weighted by molar-refractivity contribution is 6.52. The van der Waals surface area contributed by atoms with Crippen molar-refractivity contribution in [3.8, 4) is 0 Å². The minimum Gasteiger partial charge on any atom is -0.460 e. The summed E-state index contributed by atoms with van der Waals surface area (Å²) in [4.78, 5) is 37.1. The SMILES string of the molecule is Cc1cccc2c1N(CCC(=O)OC(C)(C)C)C(=O)C2=O. The van der Waals surface area contributed by atoms with Gasteiger partial charge in [0.25, 0.3) is 11.7 Å². The summed E-state index contributed by atoms with van der Waals surface area (Å²) >= 11 is 0. The Labute approximate surface area is 123 Å². The molecule has 1 aromatic rings. The molecular weight excluding hydrogens is 270 g/mol. The minimum atomic E-state index is -0.581. The van der Waals surface area contributed by atoms with E-state index in [2.05, 4.69) is 0 Å². The van der Waals surface area contributed by atoms with Gasteiger partial charge in [-0.05, 0) is 39.3 Å². The molecule has 5 nitrogen and oxygen atoms in total. The van der Waals surface area contributed by atoms with Crippen LogP contribution in [-0.2, 0) is 14.3 Å². The van der Waals surface area contributed by atoms with E-state index in [1.807, 2.05) is 13.0 Å². The topological polar surface area (TPSA) is 63.7 Å². The molecule has 21 heavy (non-hydrogen) atoms. The van der Waals surface area contributed by atoms with Gasteiger partial charge >= 0.3 is 5.97 Å². The number of carbonyl (C=O) groups is 3. The molecule has 0 aliphatic carbocycles. The van der Waals surface area contributed by atoms with Crippen LogP contribution in [0.3, 0.4) is 0 Å². The number of ketones is 1. The Morgan fingerprint density at radius 2 is 1.90 bits per heavy atom. The van der Waals surface area contributed by atoms with Crippen molar-refractivity contribution >= 4 is 23.3 Å². The maximum atomic E-state index is 12.0. The molecule has 2 rings (SSSR count). The van der Waals surface area contributed by atoms with Gasteiger partial charge < -0.3 is 9.64 Å². The summed E-state index contributed by atoms with van der Waals surface area (Å²) in [5.41, 5.74) is 1.30. The molecule has 1 aromatic carbocycles. The Hall–Kier alpha value is -2.17. The summed E-state index contributed by atoms with van der Waals surface area (Å²) in [7, 11) is 0. The normalized spacial score (nSPS) is 14.4. The number of hydrogen-bond donors (Lipinski definition) is 0. The van der Waals surface area contributed by atoms with Crippen molar-refractivity contribution in [1.29, 1.82) is 0 Å². The Bertz CT molecular complexity index is 613. The molecule has 1 heterocycles. The molecule has 0 fully saturated rings. The van der Waals surface area contributed by atoms with Crippen molar-refractivity contribution in [2.45, 2.75) is 39.7 Å². The van der Waals surface area contributed by atoms with Gasteiger partial charge in [-0.1, -0.05) is 12.1 Å². The molecule has 1 amide bonds. The van der Waals surface area contributed by atoms with Gasteiger partial charge in [0.2, 0.25) is 0 Å². The average molecular weight is 289 g/mol. The standard InChI is InChI=1S/C16H19NO4/c1-10-6-5-7-11-13(10)17(15(20)14(11)19)9-8-12(18)21-16(2,3)4/h5-7H,8-9H2,1-4H3. The van der Waals surface area contributed by atoms with Gasteiger partial charge in [-0.2, -0.15) is 0 Å². The molecule has 0 saturated heterocycles. The number of aryl methyl sites for hydroxylation is 1. The van der Waals surface area contributed by atoms with E-state index in [1.165, 1.54) is 4.90 Å². The molecule has 112 valence electrons. The lowest BCUT2D eigenvalue weighted by molar-refractivity contribution is -0.154. The molecule has 0 saturated carbocycles. The number of anilines is 1.